The molecule has 1 aliphatic rings. The third-order valence-electron chi connectivity index (χ3n) is 3.93. The molecule has 1 aliphatic heterocycles. The average molecular weight is 294 g/mol. The van der Waals surface area contributed by atoms with E-state index in [1.165, 1.54) is 6.20 Å². The van der Waals surface area contributed by atoms with Crippen molar-refractivity contribution in [2.45, 2.75) is 39.7 Å². The zero-order valence-corrected chi connectivity index (χ0v) is 12.5. The minimum atomic E-state index is -0.478. The number of aromatic nitrogens is 3. The molecule has 8 heteroatoms. The van der Waals surface area contributed by atoms with Crippen LogP contribution in [0.4, 0.5) is 0 Å². The van der Waals surface area contributed by atoms with E-state index >= 15 is 0 Å². The van der Waals surface area contributed by atoms with Crippen molar-refractivity contribution in [3.63, 3.8) is 0 Å². The van der Waals surface area contributed by atoms with Gasteiger partial charge in [0.1, 0.15) is 0 Å². The molecule has 0 radical (unpaired) electrons. The summed E-state index contributed by atoms with van der Waals surface area (Å²) in [6.07, 6.45) is 4.03. The van der Waals surface area contributed by atoms with Crippen LogP contribution in [0.3, 0.4) is 0 Å². The van der Waals surface area contributed by atoms with Crippen LogP contribution in [0, 0.1) is 5.41 Å². The topological polar surface area (TPSA) is 106 Å². The lowest BCUT2D eigenvalue weighted by Crippen LogP contribution is -2.33. The van der Waals surface area contributed by atoms with E-state index < -0.39 is 5.91 Å². The highest BCUT2D eigenvalue weighted by Crippen LogP contribution is 2.30. The van der Waals surface area contributed by atoms with Gasteiger partial charge < -0.3 is 4.90 Å². The van der Waals surface area contributed by atoms with Gasteiger partial charge in [-0.15, -0.1) is 5.10 Å². The fraction of sp³-hybridized carbons (Fsp3) is 0.692. The molecular formula is C13H22N6O2. The summed E-state index contributed by atoms with van der Waals surface area (Å²) in [6.45, 7) is 6.23. The standard InChI is InChI=1S/C13H22N6O2/c1-13(2)4-3-11(20)18(6-5-13)7-8-19-9-10(16-17-19)12(21)15-14/h9H,3-8,14H2,1-2H3,(H,15,21). The van der Waals surface area contributed by atoms with Gasteiger partial charge in [0, 0.05) is 19.5 Å². The molecule has 1 aromatic rings. The molecule has 21 heavy (non-hydrogen) atoms. The molecule has 0 saturated carbocycles. The van der Waals surface area contributed by atoms with Gasteiger partial charge in [0.15, 0.2) is 5.69 Å². The molecule has 0 aromatic carbocycles. The highest BCUT2D eigenvalue weighted by atomic mass is 16.2. The molecule has 0 bridgehead atoms. The Labute approximate surface area is 123 Å². The van der Waals surface area contributed by atoms with E-state index in [1.807, 2.05) is 10.3 Å². The highest BCUT2D eigenvalue weighted by Gasteiger charge is 2.27. The minimum Gasteiger partial charge on any atom is -0.341 e. The number of hydrazine groups is 1. The zero-order valence-electron chi connectivity index (χ0n) is 12.5. The van der Waals surface area contributed by atoms with Gasteiger partial charge in [0.05, 0.1) is 12.7 Å². The molecule has 116 valence electrons. The van der Waals surface area contributed by atoms with E-state index in [1.54, 1.807) is 4.68 Å². The second kappa shape index (κ2) is 6.21. The van der Waals surface area contributed by atoms with Crippen molar-refractivity contribution < 1.29 is 9.59 Å². The molecule has 2 amide bonds. The third-order valence-corrected chi connectivity index (χ3v) is 3.93. The number of carbonyl (C=O) groups is 2. The van der Waals surface area contributed by atoms with E-state index in [0.29, 0.717) is 19.5 Å². The van der Waals surface area contributed by atoms with Gasteiger partial charge in [-0.2, -0.15) is 0 Å². The van der Waals surface area contributed by atoms with Crippen LogP contribution in [0.15, 0.2) is 6.20 Å². The highest BCUT2D eigenvalue weighted by molar-refractivity contribution is 5.91. The fourth-order valence-electron chi connectivity index (χ4n) is 2.34. The zero-order chi connectivity index (χ0) is 15.5. The van der Waals surface area contributed by atoms with Crippen LogP contribution < -0.4 is 11.3 Å². The molecule has 2 rings (SSSR count). The molecule has 0 unspecified atom stereocenters. The first-order valence-corrected chi connectivity index (χ1v) is 7.10. The van der Waals surface area contributed by atoms with Crippen molar-refractivity contribution in [3.05, 3.63) is 11.9 Å². The number of nitrogens with one attached hydrogen (secondary N) is 1. The second-order valence-corrected chi connectivity index (χ2v) is 6.14. The number of rotatable bonds is 4. The second-order valence-electron chi connectivity index (χ2n) is 6.14. The van der Waals surface area contributed by atoms with Crippen molar-refractivity contribution >= 4 is 11.8 Å². The van der Waals surface area contributed by atoms with Crippen molar-refractivity contribution in [1.82, 2.24) is 25.3 Å². The first-order chi connectivity index (χ1) is 9.91. The third kappa shape index (κ3) is 4.01. The van der Waals surface area contributed by atoms with Crippen LogP contribution in [0.2, 0.25) is 0 Å². The summed E-state index contributed by atoms with van der Waals surface area (Å²) < 4.78 is 1.55. The lowest BCUT2D eigenvalue weighted by Gasteiger charge is -2.23. The summed E-state index contributed by atoms with van der Waals surface area (Å²) in [5.41, 5.74) is 2.38. The smallest absolute Gasteiger partial charge is 0.287 e. The molecule has 0 aliphatic carbocycles. The van der Waals surface area contributed by atoms with Gasteiger partial charge in [-0.1, -0.05) is 19.1 Å². The Balaban J connectivity index is 1.91. The monoisotopic (exact) mass is 294 g/mol. The Morgan fingerprint density at radius 1 is 1.43 bits per heavy atom. The van der Waals surface area contributed by atoms with E-state index in [9.17, 15) is 9.59 Å². The van der Waals surface area contributed by atoms with Gasteiger partial charge in [-0.05, 0) is 18.3 Å². The largest absolute Gasteiger partial charge is 0.341 e. The normalized spacial score (nSPS) is 18.4. The molecule has 3 N–H and O–H groups in total. The van der Waals surface area contributed by atoms with Gasteiger partial charge in [-0.3, -0.25) is 15.0 Å². The number of nitrogens with two attached hydrogens (primary N) is 1. The number of nitrogens with zero attached hydrogens (tertiary/aromatic N) is 4. The van der Waals surface area contributed by atoms with Crippen LogP contribution >= 0.6 is 0 Å². The Bertz CT molecular complexity index is 524. The first kappa shape index (κ1) is 15.4. The van der Waals surface area contributed by atoms with Crippen LogP contribution in [0.1, 0.15) is 43.6 Å². The molecule has 1 aromatic heterocycles. The number of amides is 2. The molecule has 1 saturated heterocycles. The molecule has 2 heterocycles. The number of likely N-dealkylation sites (tertiary alicyclic amines) is 1. The van der Waals surface area contributed by atoms with Crippen LogP contribution in [0.25, 0.3) is 0 Å². The number of hydrogen-bond donors (Lipinski definition) is 2. The average Bonchev–Trinajstić information content (AvgIpc) is 2.88. The summed E-state index contributed by atoms with van der Waals surface area (Å²) in [7, 11) is 0. The van der Waals surface area contributed by atoms with Gasteiger partial charge in [-0.25, -0.2) is 10.5 Å². The maximum atomic E-state index is 12.1. The van der Waals surface area contributed by atoms with Crippen molar-refractivity contribution in [1.29, 1.82) is 0 Å². The maximum absolute atomic E-state index is 12.1. The molecular weight excluding hydrogens is 272 g/mol. The van der Waals surface area contributed by atoms with E-state index in [0.717, 1.165) is 19.4 Å². The summed E-state index contributed by atoms with van der Waals surface area (Å²) >= 11 is 0. The fourth-order valence-corrected chi connectivity index (χ4v) is 2.34. The quantitative estimate of drug-likeness (QED) is 0.459. The van der Waals surface area contributed by atoms with Crippen molar-refractivity contribution in [2.24, 2.45) is 11.3 Å². The number of carbonyl (C=O) groups excluding carboxylic acids is 2. The summed E-state index contributed by atoms with van der Waals surface area (Å²) in [5, 5.41) is 7.59. The van der Waals surface area contributed by atoms with Crippen molar-refractivity contribution in [3.8, 4) is 0 Å². The Morgan fingerprint density at radius 3 is 2.90 bits per heavy atom. The SMILES string of the molecule is CC1(C)CCC(=O)N(CCn2cc(C(=O)NN)nn2)CC1. The number of nitrogen functional groups attached to an aromatic ring is 1. The molecule has 0 spiro atoms. The van der Waals surface area contributed by atoms with Crippen LogP contribution in [0.5, 0.6) is 0 Å². The molecule has 1 fully saturated rings. The molecule has 8 nitrogen and oxygen atoms in total. The van der Waals surface area contributed by atoms with E-state index in [4.69, 9.17) is 5.84 Å². The summed E-state index contributed by atoms with van der Waals surface area (Å²) in [6, 6.07) is 0. The van der Waals surface area contributed by atoms with Gasteiger partial charge >= 0.3 is 0 Å². The molecule has 0 atom stereocenters. The Hall–Kier alpha value is -1.96. The summed E-state index contributed by atoms with van der Waals surface area (Å²) in [4.78, 5) is 25.2. The van der Waals surface area contributed by atoms with Crippen LogP contribution in [-0.2, 0) is 11.3 Å². The predicted octanol–water partition coefficient (Wildman–Crippen LogP) is -0.0797. The Kier molecular flexibility index (Phi) is 4.56. The summed E-state index contributed by atoms with van der Waals surface area (Å²) in [5.74, 6) is 4.74. The lowest BCUT2D eigenvalue weighted by atomic mass is 9.85. The Morgan fingerprint density at radius 2 is 2.19 bits per heavy atom. The lowest BCUT2D eigenvalue weighted by molar-refractivity contribution is -0.130. The predicted molar refractivity (Wildman–Crippen MR) is 75.9 cm³/mol. The van der Waals surface area contributed by atoms with Crippen molar-refractivity contribution in [2.75, 3.05) is 13.1 Å². The van der Waals surface area contributed by atoms with Gasteiger partial charge in [0.2, 0.25) is 5.91 Å². The van der Waals surface area contributed by atoms with E-state index in [2.05, 4.69) is 24.2 Å². The van der Waals surface area contributed by atoms with E-state index in [-0.39, 0.29) is 17.0 Å². The maximum Gasteiger partial charge on any atom is 0.287 e. The number of hydrogen-bond acceptors (Lipinski definition) is 5. The van der Waals surface area contributed by atoms with Gasteiger partial charge in [0.25, 0.3) is 5.91 Å². The van der Waals surface area contributed by atoms with Crippen LogP contribution in [-0.4, -0.2) is 44.8 Å². The minimum absolute atomic E-state index is 0.167. The first-order valence-electron chi connectivity index (χ1n) is 7.10.